The maximum atomic E-state index is 12.7. The molecule has 36 heteroatoms. The molecule has 4 N–H and O–H groups in total. The lowest BCUT2D eigenvalue weighted by Gasteiger charge is -2.08. The topological polar surface area (TPSA) is 445 Å². The van der Waals surface area contributed by atoms with Crippen molar-refractivity contribution in [2.45, 2.75) is 53.9 Å². The molecule has 0 radical (unpaired) electrons. The van der Waals surface area contributed by atoms with Crippen LogP contribution in [0.4, 0.5) is 22.7 Å². The van der Waals surface area contributed by atoms with E-state index < -0.39 is 0 Å². The Morgan fingerprint density at radius 2 is 0.586 bits per heavy atom. The summed E-state index contributed by atoms with van der Waals surface area (Å²) in [6.45, 7) is 8.05. The molecule has 36 nitrogen and oxygen atoms in total. The maximum Gasteiger partial charge on any atom is 0.246 e. The Kier molecular flexibility index (Phi) is 24.6. The summed E-state index contributed by atoms with van der Waals surface area (Å²) >= 11 is 0. The van der Waals surface area contributed by atoms with Crippen LogP contribution in [0.5, 0.6) is 0 Å². The SMILES string of the molecule is Cc1cc(-c2ccnc3c2ccn3CC(=O)Nc2ccc(-c3cnccn3)nc2)ccn1.Cc1cc(-c2ccnc3c2cnn3CC(=O)Nc2ccc(-c3cnccn3)nc2)ccn1.Cc1cc(-c2ncnc3c2ccn3CC(=O)Nc2ccc(-c3cnccn3)nc2)ccn1.Cc1cc(-c2ncnc3c2cnn3CC(=O)Nc2ccc(-c3cnccn3)nc2)ccn1. The van der Waals surface area contributed by atoms with Gasteiger partial charge in [0.1, 0.15) is 72.9 Å². The molecule has 0 aliphatic rings. The van der Waals surface area contributed by atoms with Crippen molar-refractivity contribution in [2.75, 3.05) is 21.3 Å². The number of carbonyl (C=O) groups is 4. The number of aromatic nitrogens is 28. The number of hydrogen-bond donors (Lipinski definition) is 4. The van der Waals surface area contributed by atoms with Crippen molar-refractivity contribution >= 4 is 90.5 Å². The molecule has 0 spiro atoms. The van der Waals surface area contributed by atoms with E-state index in [4.69, 9.17) is 0 Å². The molecule has 0 fully saturated rings. The minimum Gasteiger partial charge on any atom is -0.323 e. The number of nitrogens with zero attached hydrogens (tertiary/aromatic N) is 28. The lowest BCUT2D eigenvalue weighted by atomic mass is 10.0. The number of aryl methyl sites for hydroxylation is 4. The van der Waals surface area contributed by atoms with E-state index in [0.29, 0.717) is 85.2 Å². The van der Waals surface area contributed by atoms with Crippen LogP contribution in [0.3, 0.4) is 0 Å². The van der Waals surface area contributed by atoms with Crippen LogP contribution in [0.25, 0.3) is 134 Å². The van der Waals surface area contributed by atoms with Crippen LogP contribution in [0.15, 0.2) is 295 Å². The van der Waals surface area contributed by atoms with Gasteiger partial charge in [0.15, 0.2) is 11.3 Å². The van der Waals surface area contributed by atoms with Gasteiger partial charge in [-0.15, -0.1) is 0 Å². The second kappa shape index (κ2) is 38.3. The maximum absolute atomic E-state index is 12.7. The second-order valence-corrected chi connectivity index (χ2v) is 28.6. The highest BCUT2D eigenvalue weighted by molar-refractivity contribution is 5.99. The molecular weight excluding hydrogens is 1620 g/mol. The largest absolute Gasteiger partial charge is 0.323 e. The lowest BCUT2D eigenvalue weighted by molar-refractivity contribution is -0.117. The van der Waals surface area contributed by atoms with Crippen molar-refractivity contribution < 1.29 is 19.2 Å². The van der Waals surface area contributed by atoms with Crippen LogP contribution in [0.1, 0.15) is 22.8 Å². The van der Waals surface area contributed by atoms with E-state index in [-0.39, 0.29) is 49.8 Å². The average Bonchev–Trinajstić information content (AvgIpc) is 1.61. The van der Waals surface area contributed by atoms with Gasteiger partial charge in [-0.3, -0.25) is 98.9 Å². The van der Waals surface area contributed by atoms with Crippen LogP contribution in [0, 0.1) is 27.7 Å². The Bertz CT molecular complexity index is 6460. The third-order valence-electron chi connectivity index (χ3n) is 19.7. The summed E-state index contributed by atoms with van der Waals surface area (Å²) in [4.78, 5) is 144. The molecule has 624 valence electrons. The molecule has 20 rings (SSSR count). The zero-order chi connectivity index (χ0) is 87.7. The Hall–Kier alpha value is -18.1. The third-order valence-corrected chi connectivity index (χ3v) is 19.7. The standard InChI is InChI=1S/C24H19N7O.2C23H18N8O.C22H17N9O/c1-16-12-17(4-7-26-16)19-5-8-28-24-20(19)6-11-31(24)15-23(32)30-18-2-3-21(29-13-18)22-14-25-9-10-27-22;1-15-10-16(4-6-25-15)22-18-5-9-31(23(18)29-14-28-22)13-21(32)30-17-2-3-19(27-11-17)20-12-24-7-8-26-20;1-15-10-16(4-6-25-15)18-5-7-27-23-19(18)12-29-31(23)14-22(32)30-17-2-3-20(28-11-17)21-13-24-8-9-26-21;1-14-8-15(4-5-24-14)21-17-10-29-31(22(17)28-13-27-21)12-20(32)30-16-2-3-18(26-9-16)19-11-23-6-7-25-19/h2-14H,15H2,1H3,(H,30,32);2-12,14H,13H2,1H3,(H,30,32);2-13H,14H2,1H3,(H,30,32);2-11,13H,12H2,1H3,(H,30,32). The summed E-state index contributed by atoms with van der Waals surface area (Å²) in [6.07, 6.45) is 46.4. The first-order valence-corrected chi connectivity index (χ1v) is 39.7. The van der Waals surface area contributed by atoms with Crippen molar-refractivity contribution in [1.29, 1.82) is 0 Å². The van der Waals surface area contributed by atoms with Gasteiger partial charge in [-0.2, -0.15) is 10.2 Å². The van der Waals surface area contributed by atoms with Crippen molar-refractivity contribution in [3.63, 3.8) is 0 Å². The fraction of sp³-hybridized carbons (Fsp3) is 0.0870. The fourth-order valence-corrected chi connectivity index (χ4v) is 13.8. The first-order valence-electron chi connectivity index (χ1n) is 39.7. The number of nitrogens with one attached hydrogen (secondary N) is 4. The van der Waals surface area contributed by atoms with Gasteiger partial charge in [0.2, 0.25) is 23.6 Å². The van der Waals surface area contributed by atoms with Crippen molar-refractivity contribution in [3.05, 3.63) is 318 Å². The minimum absolute atomic E-state index is 0.00123. The molecular formula is C92H72N32O4. The minimum atomic E-state index is -0.246. The van der Waals surface area contributed by atoms with Crippen LogP contribution < -0.4 is 21.3 Å². The molecule has 128 heavy (non-hydrogen) atoms. The molecule has 0 aliphatic carbocycles. The van der Waals surface area contributed by atoms with Crippen LogP contribution in [-0.4, -0.2) is 162 Å². The Labute approximate surface area is 727 Å². The van der Waals surface area contributed by atoms with Crippen LogP contribution >= 0.6 is 0 Å². The predicted octanol–water partition coefficient (Wildman–Crippen LogP) is 13.2. The summed E-state index contributed by atoms with van der Waals surface area (Å²) in [6, 6.07) is 37.8. The number of anilines is 4. The molecule has 0 aromatic carbocycles. The lowest BCUT2D eigenvalue weighted by Crippen LogP contribution is -2.19. The highest BCUT2D eigenvalue weighted by Crippen LogP contribution is 2.33. The quantitative estimate of drug-likeness (QED) is 0.0550. The average molecular weight is 1690 g/mol. The van der Waals surface area contributed by atoms with E-state index >= 15 is 0 Å². The van der Waals surface area contributed by atoms with Gasteiger partial charge in [0.25, 0.3) is 0 Å². The van der Waals surface area contributed by atoms with Gasteiger partial charge in [-0.05, 0) is 171 Å². The monoisotopic (exact) mass is 1690 g/mol. The normalized spacial score (nSPS) is 10.9. The molecule has 0 saturated heterocycles. The van der Waals surface area contributed by atoms with E-state index in [0.717, 1.165) is 94.7 Å². The number of pyridine rings is 10. The van der Waals surface area contributed by atoms with E-state index in [2.05, 4.69) is 141 Å². The summed E-state index contributed by atoms with van der Waals surface area (Å²) in [5.41, 5.74) is 21.7. The fourth-order valence-electron chi connectivity index (χ4n) is 13.8. The van der Waals surface area contributed by atoms with E-state index in [1.54, 1.807) is 211 Å². The number of rotatable bonds is 20. The Morgan fingerprint density at radius 3 is 0.969 bits per heavy atom. The first kappa shape index (κ1) is 82.2. The predicted molar refractivity (Wildman–Crippen MR) is 478 cm³/mol. The summed E-state index contributed by atoms with van der Waals surface area (Å²) in [7, 11) is 0. The van der Waals surface area contributed by atoms with Crippen molar-refractivity contribution in [2.24, 2.45) is 0 Å². The Balaban J connectivity index is 0.000000120. The van der Waals surface area contributed by atoms with Gasteiger partial charge in [0.05, 0.1) is 124 Å². The number of carbonyl (C=O) groups excluding carboxylic acids is 4. The number of fused-ring (bicyclic) bond motifs is 4. The molecule has 0 unspecified atom stereocenters. The highest BCUT2D eigenvalue weighted by atomic mass is 16.2. The first-order chi connectivity index (χ1) is 62.7. The summed E-state index contributed by atoms with van der Waals surface area (Å²) in [5, 5.41) is 23.7. The molecule has 0 aliphatic heterocycles. The summed E-state index contributed by atoms with van der Waals surface area (Å²) < 4.78 is 6.77. The van der Waals surface area contributed by atoms with Gasteiger partial charge in [-0.25, -0.2) is 39.3 Å². The van der Waals surface area contributed by atoms with Gasteiger partial charge in [0, 0.05) is 149 Å². The van der Waals surface area contributed by atoms with Crippen molar-refractivity contribution in [1.82, 2.24) is 138 Å². The molecule has 20 aromatic rings. The molecule has 20 heterocycles. The van der Waals surface area contributed by atoms with Gasteiger partial charge >= 0.3 is 0 Å². The summed E-state index contributed by atoms with van der Waals surface area (Å²) in [5.74, 6) is -0.819. The van der Waals surface area contributed by atoms with Gasteiger partial charge in [-0.1, -0.05) is 0 Å². The van der Waals surface area contributed by atoms with Crippen molar-refractivity contribution in [3.8, 4) is 90.3 Å². The molecule has 20 aromatic heterocycles. The van der Waals surface area contributed by atoms with E-state index in [9.17, 15) is 19.2 Å². The zero-order valence-electron chi connectivity index (χ0n) is 68.7. The Morgan fingerprint density at radius 1 is 0.258 bits per heavy atom. The number of hydrogen-bond acceptors (Lipinski definition) is 28. The number of amides is 4. The smallest absolute Gasteiger partial charge is 0.246 e. The molecule has 0 bridgehead atoms. The van der Waals surface area contributed by atoms with E-state index in [1.165, 1.54) is 12.7 Å². The molecule has 4 amide bonds. The molecule has 0 saturated carbocycles. The van der Waals surface area contributed by atoms with Gasteiger partial charge < -0.3 is 30.4 Å². The third kappa shape index (κ3) is 19.7. The zero-order valence-corrected chi connectivity index (χ0v) is 68.7. The van der Waals surface area contributed by atoms with Crippen LogP contribution in [-0.2, 0) is 45.4 Å². The molecule has 0 atom stereocenters. The second-order valence-electron chi connectivity index (χ2n) is 28.6. The highest BCUT2D eigenvalue weighted by Gasteiger charge is 2.20. The van der Waals surface area contributed by atoms with E-state index in [1.807, 2.05) is 117 Å². The van der Waals surface area contributed by atoms with Crippen LogP contribution in [0.2, 0.25) is 0 Å².